The van der Waals surface area contributed by atoms with Gasteiger partial charge in [0.05, 0.1) is 27.0 Å². The molecule has 3 aromatic carbocycles. The molecule has 0 aromatic heterocycles. The van der Waals surface area contributed by atoms with E-state index in [1.54, 1.807) is 30.3 Å². The molecule has 9 nitrogen and oxygen atoms in total. The number of nitrogens with zero attached hydrogens (tertiary/aromatic N) is 3. The maximum Gasteiger partial charge on any atom is 0.285 e. The first-order valence-corrected chi connectivity index (χ1v) is 7.36. The van der Waals surface area contributed by atoms with Gasteiger partial charge in [-0.15, -0.1) is 0 Å². The van der Waals surface area contributed by atoms with E-state index < -0.39 is 21.2 Å². The van der Waals surface area contributed by atoms with Gasteiger partial charge in [-0.2, -0.15) is 5.10 Å². The van der Waals surface area contributed by atoms with Crippen LogP contribution in [0.5, 0.6) is 5.75 Å². The second kappa shape index (κ2) is 6.48. The molecule has 3 rings (SSSR count). The Labute approximate surface area is 146 Å². The molecule has 0 aliphatic rings. The Hall–Kier alpha value is -4.01. The highest BCUT2D eigenvalue weighted by Gasteiger charge is 2.26. The monoisotopic (exact) mass is 352 g/mol. The summed E-state index contributed by atoms with van der Waals surface area (Å²) in [6.45, 7) is 0. The van der Waals surface area contributed by atoms with Gasteiger partial charge >= 0.3 is 0 Å². The van der Waals surface area contributed by atoms with Crippen LogP contribution in [0.4, 0.5) is 11.4 Å². The summed E-state index contributed by atoms with van der Waals surface area (Å²) in [5.74, 6) is 5.32. The molecule has 26 heavy (non-hydrogen) atoms. The van der Waals surface area contributed by atoms with Crippen molar-refractivity contribution >= 4 is 27.9 Å². The van der Waals surface area contributed by atoms with Crippen LogP contribution in [0.3, 0.4) is 0 Å². The Bertz CT molecular complexity index is 1080. The number of hydrazone groups is 1. The van der Waals surface area contributed by atoms with Crippen molar-refractivity contribution in [2.75, 3.05) is 0 Å². The highest BCUT2D eigenvalue weighted by Crippen LogP contribution is 2.33. The zero-order valence-corrected chi connectivity index (χ0v) is 13.2. The molecule has 130 valence electrons. The van der Waals surface area contributed by atoms with E-state index in [4.69, 9.17) is 5.84 Å². The molecule has 0 spiro atoms. The average Bonchev–Trinajstić information content (AvgIpc) is 2.63. The van der Waals surface area contributed by atoms with Crippen LogP contribution in [-0.4, -0.2) is 20.7 Å². The molecule has 0 amide bonds. The highest BCUT2D eigenvalue weighted by molar-refractivity contribution is 6.22. The lowest BCUT2D eigenvalue weighted by Gasteiger charge is -2.12. The Morgan fingerprint density at radius 3 is 2.38 bits per heavy atom. The number of benzene rings is 3. The molecule has 0 unspecified atom stereocenters. The third-order valence-electron chi connectivity index (χ3n) is 3.92. The van der Waals surface area contributed by atoms with Crippen LogP contribution < -0.4 is 5.84 Å². The van der Waals surface area contributed by atoms with Crippen LogP contribution in [0.2, 0.25) is 0 Å². The first-order chi connectivity index (χ1) is 12.4. The summed E-state index contributed by atoms with van der Waals surface area (Å²) in [6.07, 6.45) is 0. The lowest BCUT2D eigenvalue weighted by atomic mass is 9.94. The first-order valence-electron chi connectivity index (χ1n) is 7.36. The summed E-state index contributed by atoms with van der Waals surface area (Å²) >= 11 is 0. The van der Waals surface area contributed by atoms with Crippen molar-refractivity contribution in [1.82, 2.24) is 0 Å². The summed E-state index contributed by atoms with van der Waals surface area (Å²) in [5, 5.41) is 37.7. The van der Waals surface area contributed by atoms with E-state index in [9.17, 15) is 25.3 Å². The van der Waals surface area contributed by atoms with Gasteiger partial charge < -0.3 is 10.9 Å². The van der Waals surface area contributed by atoms with E-state index in [1.165, 1.54) is 12.1 Å². The Kier molecular flexibility index (Phi) is 4.19. The van der Waals surface area contributed by atoms with Crippen molar-refractivity contribution in [3.8, 4) is 5.75 Å². The number of nitro groups is 2. The van der Waals surface area contributed by atoms with Crippen molar-refractivity contribution in [3.63, 3.8) is 0 Å². The molecule has 0 heterocycles. The minimum atomic E-state index is -0.754. The van der Waals surface area contributed by atoms with Crippen molar-refractivity contribution < 1.29 is 15.0 Å². The molecular weight excluding hydrogens is 340 g/mol. The zero-order chi connectivity index (χ0) is 18.8. The Morgan fingerprint density at radius 1 is 1.00 bits per heavy atom. The Balaban J connectivity index is 2.32. The van der Waals surface area contributed by atoms with Crippen molar-refractivity contribution in [2.45, 2.75) is 0 Å². The lowest BCUT2D eigenvalue weighted by molar-refractivity contribution is -0.394. The van der Waals surface area contributed by atoms with Crippen LogP contribution in [0.25, 0.3) is 10.8 Å². The largest absolute Gasteiger partial charge is 0.507 e. The number of hydrogen-bond donors (Lipinski definition) is 2. The number of fused-ring (bicyclic) bond motifs is 1. The van der Waals surface area contributed by atoms with Gasteiger partial charge in [0.2, 0.25) is 0 Å². The molecule has 0 saturated heterocycles. The molecule has 0 bridgehead atoms. The quantitative estimate of drug-likeness (QED) is 0.319. The molecule has 0 fully saturated rings. The van der Waals surface area contributed by atoms with Crippen LogP contribution in [-0.2, 0) is 0 Å². The van der Waals surface area contributed by atoms with Crippen molar-refractivity contribution in [3.05, 3.63) is 86.0 Å². The van der Waals surface area contributed by atoms with Gasteiger partial charge in [0.1, 0.15) is 11.5 Å². The average molecular weight is 352 g/mol. The number of nitrogens with two attached hydrogens (primary N) is 1. The Morgan fingerprint density at radius 2 is 1.73 bits per heavy atom. The van der Waals surface area contributed by atoms with Crippen LogP contribution in [0.15, 0.2) is 59.7 Å². The normalized spacial score (nSPS) is 11.5. The van der Waals surface area contributed by atoms with E-state index in [0.717, 1.165) is 17.5 Å². The summed E-state index contributed by atoms with van der Waals surface area (Å²) < 4.78 is 0. The molecule has 0 aliphatic carbocycles. The predicted molar refractivity (Wildman–Crippen MR) is 95.2 cm³/mol. The fourth-order valence-corrected chi connectivity index (χ4v) is 2.76. The van der Waals surface area contributed by atoms with E-state index >= 15 is 0 Å². The number of phenolic OH excluding ortho intramolecular Hbond substituents is 1. The van der Waals surface area contributed by atoms with Gasteiger partial charge in [-0.25, -0.2) is 0 Å². The minimum absolute atomic E-state index is 0.0326. The van der Waals surface area contributed by atoms with Crippen molar-refractivity contribution in [2.24, 2.45) is 10.9 Å². The summed E-state index contributed by atoms with van der Waals surface area (Å²) in [7, 11) is 0. The van der Waals surface area contributed by atoms with E-state index in [0.29, 0.717) is 5.39 Å². The predicted octanol–water partition coefficient (Wildman–Crippen LogP) is 3.07. The van der Waals surface area contributed by atoms with Gasteiger partial charge in [-0.05, 0) is 22.9 Å². The second-order valence-electron chi connectivity index (χ2n) is 5.37. The first kappa shape index (κ1) is 16.8. The van der Waals surface area contributed by atoms with E-state index in [-0.39, 0.29) is 22.6 Å². The summed E-state index contributed by atoms with van der Waals surface area (Å²) in [5.41, 5.74) is -0.826. The van der Waals surface area contributed by atoms with Gasteiger partial charge in [-0.3, -0.25) is 20.2 Å². The van der Waals surface area contributed by atoms with E-state index in [2.05, 4.69) is 5.10 Å². The van der Waals surface area contributed by atoms with E-state index in [1.807, 2.05) is 0 Å². The lowest BCUT2D eigenvalue weighted by Crippen LogP contribution is -2.11. The fraction of sp³-hybridized carbons (Fsp3) is 0. The number of nitro benzene ring substituents is 2. The van der Waals surface area contributed by atoms with Gasteiger partial charge in [0, 0.05) is 6.07 Å². The zero-order valence-electron chi connectivity index (χ0n) is 13.2. The van der Waals surface area contributed by atoms with Crippen LogP contribution >= 0.6 is 0 Å². The number of rotatable bonds is 4. The molecule has 3 aromatic rings. The van der Waals surface area contributed by atoms with Gasteiger partial charge in [0.15, 0.2) is 0 Å². The molecule has 0 aliphatic heterocycles. The number of non-ortho nitro benzene ring substituents is 1. The minimum Gasteiger partial charge on any atom is -0.507 e. The van der Waals surface area contributed by atoms with Gasteiger partial charge in [0.25, 0.3) is 11.4 Å². The molecule has 0 saturated carbocycles. The molecule has 0 radical (unpaired) electrons. The topological polar surface area (TPSA) is 145 Å². The third kappa shape index (κ3) is 2.77. The number of aromatic hydroxyl groups is 1. The highest BCUT2D eigenvalue weighted by atomic mass is 16.6. The van der Waals surface area contributed by atoms with Crippen LogP contribution in [0, 0.1) is 20.2 Å². The smallest absolute Gasteiger partial charge is 0.285 e. The maximum atomic E-state index is 11.4. The summed E-state index contributed by atoms with van der Waals surface area (Å²) in [6, 6.07) is 13.3. The second-order valence-corrected chi connectivity index (χ2v) is 5.37. The van der Waals surface area contributed by atoms with Gasteiger partial charge in [-0.1, -0.05) is 30.3 Å². The molecule has 0 atom stereocenters. The summed E-state index contributed by atoms with van der Waals surface area (Å²) in [4.78, 5) is 20.8. The fourth-order valence-electron chi connectivity index (χ4n) is 2.76. The maximum absolute atomic E-state index is 11.4. The standard InChI is InChI=1S/C17H12N4O5/c18-19-17(13-7-6-11(20(23)24)9-14(13)21(25)26)16-12-4-2-1-3-10(12)5-8-15(16)22/h1-9,22H,18H2/b19-17-. The third-order valence-corrected chi connectivity index (χ3v) is 3.92. The number of phenols is 1. The van der Waals surface area contributed by atoms with Crippen LogP contribution in [0.1, 0.15) is 11.1 Å². The van der Waals surface area contributed by atoms with Crippen molar-refractivity contribution in [1.29, 1.82) is 0 Å². The SMILES string of the molecule is N/N=C(/c1ccc([N+](=O)[O-])cc1[N+](=O)[O-])c1c(O)ccc2ccccc12. The molecule has 3 N–H and O–H groups in total. The number of hydrogen-bond acceptors (Lipinski definition) is 7. The molecular formula is C17H12N4O5. The molecule has 9 heteroatoms.